The Kier molecular flexibility index (Phi) is 5.75. The van der Waals surface area contributed by atoms with E-state index < -0.39 is 26.7 Å². The van der Waals surface area contributed by atoms with Gasteiger partial charge in [-0.05, 0) is 55.4 Å². The number of nitrogens with one attached hydrogen (secondary N) is 2. The number of piperidine rings is 1. The van der Waals surface area contributed by atoms with Crippen molar-refractivity contribution in [3.05, 3.63) is 47.1 Å². The smallest absolute Gasteiger partial charge is 0.266 e. The predicted molar refractivity (Wildman–Crippen MR) is 119 cm³/mol. The van der Waals surface area contributed by atoms with Crippen LogP contribution in [0.25, 0.3) is 0 Å². The van der Waals surface area contributed by atoms with Gasteiger partial charge in [0.15, 0.2) is 0 Å². The normalized spacial score (nSPS) is 27.7. The second-order valence-electron chi connectivity index (χ2n) is 9.03. The Hall–Kier alpha value is -1.97. The molecule has 4 atom stereocenters. The number of likely N-dealkylation sites (tertiary alicyclic amines) is 1. The molecular formula is C22H25ClF2N4O2S. The van der Waals surface area contributed by atoms with Crippen LogP contribution < -0.4 is 10.0 Å². The van der Waals surface area contributed by atoms with Crippen molar-refractivity contribution in [2.45, 2.75) is 49.1 Å². The molecule has 1 saturated heterocycles. The van der Waals surface area contributed by atoms with E-state index in [1.165, 1.54) is 25.0 Å². The van der Waals surface area contributed by atoms with E-state index in [-0.39, 0.29) is 16.9 Å². The van der Waals surface area contributed by atoms with Gasteiger partial charge in [-0.15, -0.1) is 0 Å². The van der Waals surface area contributed by atoms with Crippen molar-refractivity contribution in [1.82, 2.24) is 9.88 Å². The van der Waals surface area contributed by atoms with Crippen molar-refractivity contribution >= 4 is 33.1 Å². The molecule has 0 bridgehead atoms. The van der Waals surface area contributed by atoms with Crippen molar-refractivity contribution in [2.24, 2.45) is 11.8 Å². The van der Waals surface area contributed by atoms with Gasteiger partial charge in [0.25, 0.3) is 10.0 Å². The molecule has 6 nitrogen and oxygen atoms in total. The third kappa shape index (κ3) is 4.43. The van der Waals surface area contributed by atoms with Crippen LogP contribution >= 0.6 is 11.6 Å². The van der Waals surface area contributed by atoms with Gasteiger partial charge in [-0.2, -0.15) is 4.39 Å². The number of fused-ring (bicyclic) bond motifs is 1. The highest BCUT2D eigenvalue weighted by molar-refractivity contribution is 7.92. The molecule has 172 valence electrons. The van der Waals surface area contributed by atoms with E-state index in [0.29, 0.717) is 11.7 Å². The summed E-state index contributed by atoms with van der Waals surface area (Å²) in [6.45, 7) is 2.26. The molecule has 1 aliphatic heterocycles. The number of halogens is 3. The van der Waals surface area contributed by atoms with Gasteiger partial charge in [0, 0.05) is 25.2 Å². The molecule has 1 aromatic carbocycles. The number of aromatic nitrogens is 1. The average molecular weight is 483 g/mol. The first-order valence-electron chi connectivity index (χ1n) is 10.9. The molecule has 2 saturated carbocycles. The van der Waals surface area contributed by atoms with Crippen LogP contribution in [0, 0.1) is 23.6 Å². The molecule has 0 amide bonds. The van der Waals surface area contributed by atoms with Crippen LogP contribution in [0.4, 0.5) is 20.3 Å². The Labute approximate surface area is 191 Å². The summed E-state index contributed by atoms with van der Waals surface area (Å²) >= 11 is 6.38. The van der Waals surface area contributed by atoms with Gasteiger partial charge in [0.05, 0.1) is 10.7 Å². The zero-order valence-electron chi connectivity index (χ0n) is 17.4. The predicted octanol–water partition coefficient (Wildman–Crippen LogP) is 4.49. The molecule has 32 heavy (non-hydrogen) atoms. The van der Waals surface area contributed by atoms with Crippen LogP contribution in [0.3, 0.4) is 0 Å². The third-order valence-electron chi connectivity index (χ3n) is 6.81. The van der Waals surface area contributed by atoms with Crippen LogP contribution in [0.1, 0.15) is 32.1 Å². The highest BCUT2D eigenvalue weighted by Gasteiger charge is 2.48. The standard InChI is InChI=1S/C22H25ClF2N4O2S/c23-15-9-20(32(30,31)28-22-7-3-6-21(25)27-22)16(24)10-18(15)26-17-4-1-2-5-19(17)29-11-13-8-14(13)12-29/h3,6-7,9-10,13-14,17,19,26H,1-2,4-5,8,11-12H2,(H,27,28)/t13?,14?,17-,19-/m0/s1. The lowest BCUT2D eigenvalue weighted by molar-refractivity contribution is 0.161. The van der Waals surface area contributed by atoms with Gasteiger partial charge in [-0.1, -0.05) is 30.5 Å². The Morgan fingerprint density at radius 2 is 1.84 bits per heavy atom. The van der Waals surface area contributed by atoms with E-state index in [0.717, 1.165) is 62.4 Å². The summed E-state index contributed by atoms with van der Waals surface area (Å²) < 4.78 is 55.6. The fourth-order valence-corrected chi connectivity index (χ4v) is 6.50. The minimum atomic E-state index is -4.33. The van der Waals surface area contributed by atoms with E-state index in [9.17, 15) is 17.2 Å². The Morgan fingerprint density at radius 3 is 2.59 bits per heavy atom. The summed E-state index contributed by atoms with van der Waals surface area (Å²) in [6, 6.07) is 6.39. The number of anilines is 2. The zero-order valence-corrected chi connectivity index (χ0v) is 19.0. The second-order valence-corrected chi connectivity index (χ2v) is 11.1. The molecule has 3 fully saturated rings. The minimum absolute atomic E-state index is 0.118. The number of nitrogens with zero attached hydrogens (tertiary/aromatic N) is 2. The third-order valence-corrected chi connectivity index (χ3v) is 8.49. The van der Waals surface area contributed by atoms with Gasteiger partial charge in [0.2, 0.25) is 5.95 Å². The molecule has 2 unspecified atom stereocenters. The molecule has 0 spiro atoms. The first-order chi connectivity index (χ1) is 15.3. The fraction of sp³-hybridized carbons (Fsp3) is 0.500. The topological polar surface area (TPSA) is 74.3 Å². The second kappa shape index (κ2) is 8.43. The van der Waals surface area contributed by atoms with Crippen molar-refractivity contribution in [3.63, 3.8) is 0 Å². The van der Waals surface area contributed by atoms with Crippen LogP contribution in [-0.4, -0.2) is 43.5 Å². The number of hydrogen-bond acceptors (Lipinski definition) is 5. The van der Waals surface area contributed by atoms with Gasteiger partial charge in [0.1, 0.15) is 16.5 Å². The zero-order chi connectivity index (χ0) is 22.5. The largest absolute Gasteiger partial charge is 0.379 e. The maximum atomic E-state index is 14.9. The Morgan fingerprint density at radius 1 is 1.09 bits per heavy atom. The lowest BCUT2D eigenvalue weighted by atomic mass is 9.89. The lowest BCUT2D eigenvalue weighted by Gasteiger charge is -2.39. The molecule has 3 aliphatic rings. The van der Waals surface area contributed by atoms with Crippen LogP contribution in [0.5, 0.6) is 0 Å². The lowest BCUT2D eigenvalue weighted by Crippen LogP contribution is -2.48. The molecular weight excluding hydrogens is 458 g/mol. The van der Waals surface area contributed by atoms with Crippen molar-refractivity contribution in [2.75, 3.05) is 23.1 Å². The average Bonchev–Trinajstić information content (AvgIpc) is 3.35. The number of benzene rings is 1. The van der Waals surface area contributed by atoms with Gasteiger partial charge >= 0.3 is 0 Å². The highest BCUT2D eigenvalue weighted by Crippen LogP contribution is 2.47. The summed E-state index contributed by atoms with van der Waals surface area (Å²) in [4.78, 5) is 5.39. The van der Waals surface area contributed by atoms with Gasteiger partial charge in [-0.25, -0.2) is 17.8 Å². The quantitative estimate of drug-likeness (QED) is 0.593. The first-order valence-corrected chi connectivity index (χ1v) is 12.8. The molecule has 2 aliphatic carbocycles. The number of pyridine rings is 1. The number of hydrogen-bond donors (Lipinski definition) is 2. The maximum Gasteiger partial charge on any atom is 0.266 e. The van der Waals surface area contributed by atoms with Crippen LogP contribution in [-0.2, 0) is 10.0 Å². The highest BCUT2D eigenvalue weighted by atomic mass is 35.5. The molecule has 10 heteroatoms. The van der Waals surface area contributed by atoms with E-state index in [4.69, 9.17) is 11.6 Å². The van der Waals surface area contributed by atoms with Gasteiger partial charge < -0.3 is 5.32 Å². The summed E-state index contributed by atoms with van der Waals surface area (Å²) in [6.07, 6.45) is 5.66. The Balaban J connectivity index is 1.35. The van der Waals surface area contributed by atoms with E-state index in [1.54, 1.807) is 0 Å². The van der Waals surface area contributed by atoms with Crippen LogP contribution in [0.15, 0.2) is 35.2 Å². The monoisotopic (exact) mass is 482 g/mol. The fourth-order valence-electron chi connectivity index (χ4n) is 5.12. The van der Waals surface area contributed by atoms with E-state index in [2.05, 4.69) is 19.9 Å². The molecule has 1 aromatic heterocycles. The van der Waals surface area contributed by atoms with Gasteiger partial charge in [-0.3, -0.25) is 9.62 Å². The molecule has 2 aromatic rings. The van der Waals surface area contributed by atoms with Crippen molar-refractivity contribution in [3.8, 4) is 0 Å². The maximum absolute atomic E-state index is 14.9. The summed E-state index contributed by atoms with van der Waals surface area (Å²) in [5.74, 6) is -0.348. The van der Waals surface area contributed by atoms with E-state index in [1.807, 2.05) is 0 Å². The molecule has 2 heterocycles. The molecule has 5 rings (SSSR count). The summed E-state index contributed by atoms with van der Waals surface area (Å²) in [5, 5.41) is 3.51. The Bertz CT molecular complexity index is 1120. The number of rotatable bonds is 6. The SMILES string of the molecule is O=S(=O)(Nc1cccc(F)n1)c1cc(Cl)c(N[C@H]2CCCC[C@@H]2N2CC3CC3C2)cc1F. The number of sulfonamides is 1. The summed E-state index contributed by atoms with van der Waals surface area (Å²) in [7, 11) is -4.33. The summed E-state index contributed by atoms with van der Waals surface area (Å²) in [5.41, 5.74) is 0.383. The molecule has 0 radical (unpaired) electrons. The van der Waals surface area contributed by atoms with Crippen LogP contribution in [0.2, 0.25) is 5.02 Å². The first kappa shape index (κ1) is 21.9. The molecule has 2 N–H and O–H groups in total. The van der Waals surface area contributed by atoms with E-state index >= 15 is 0 Å². The van der Waals surface area contributed by atoms with Crippen molar-refractivity contribution < 1.29 is 17.2 Å². The van der Waals surface area contributed by atoms with Crippen molar-refractivity contribution in [1.29, 1.82) is 0 Å². The minimum Gasteiger partial charge on any atom is -0.379 e.